The quantitative estimate of drug-likeness (QED) is 0.435. The van der Waals surface area contributed by atoms with E-state index in [2.05, 4.69) is 20.3 Å². The van der Waals surface area contributed by atoms with Gasteiger partial charge in [0, 0.05) is 54.9 Å². The van der Waals surface area contributed by atoms with Gasteiger partial charge in [-0.2, -0.15) is 5.10 Å². The standard InChI is InChI=1S/C25H28N6O3/c1-30-14-17(12-28-30)24-13-27-22-5-4-18(10-23(22)29-24)31(16-25(32)6-7-26-15-25)19-8-20(33-2)11-21(9-19)34-3/h4-5,8-14,26,32H,6-7,15-16H2,1-3H3. The van der Waals surface area contributed by atoms with E-state index in [0.29, 0.717) is 31.0 Å². The molecule has 1 unspecified atom stereocenters. The van der Waals surface area contributed by atoms with Crippen molar-refractivity contribution in [2.75, 3.05) is 38.8 Å². The second-order valence-corrected chi connectivity index (χ2v) is 8.64. The van der Waals surface area contributed by atoms with Gasteiger partial charge in [-0.15, -0.1) is 0 Å². The number of ether oxygens (including phenoxy) is 2. The third-order valence-electron chi connectivity index (χ3n) is 6.16. The first-order chi connectivity index (χ1) is 16.5. The zero-order chi connectivity index (χ0) is 23.7. The number of aromatic nitrogens is 4. The Morgan fingerprint density at radius 2 is 1.85 bits per heavy atom. The monoisotopic (exact) mass is 460 g/mol. The average molecular weight is 461 g/mol. The van der Waals surface area contributed by atoms with E-state index in [0.717, 1.165) is 40.2 Å². The zero-order valence-electron chi connectivity index (χ0n) is 19.5. The van der Waals surface area contributed by atoms with E-state index in [4.69, 9.17) is 14.5 Å². The lowest BCUT2D eigenvalue weighted by Gasteiger charge is -2.33. The number of hydrogen-bond acceptors (Lipinski definition) is 8. The molecule has 0 aliphatic carbocycles. The summed E-state index contributed by atoms with van der Waals surface area (Å²) >= 11 is 0. The fraction of sp³-hybridized carbons (Fsp3) is 0.320. The van der Waals surface area contributed by atoms with E-state index >= 15 is 0 Å². The van der Waals surface area contributed by atoms with Gasteiger partial charge < -0.3 is 24.8 Å². The molecule has 0 spiro atoms. The van der Waals surface area contributed by atoms with Crippen molar-refractivity contribution < 1.29 is 14.6 Å². The topological polar surface area (TPSA) is 97.6 Å². The van der Waals surface area contributed by atoms with E-state index in [1.54, 1.807) is 31.3 Å². The number of β-amino-alcohol motifs (C(OH)–C–C–N with tert-alkyl or cyclic N) is 1. The Kier molecular flexibility index (Phi) is 5.80. The van der Waals surface area contributed by atoms with Gasteiger partial charge in [0.1, 0.15) is 11.5 Å². The normalized spacial score (nSPS) is 17.8. The minimum atomic E-state index is -0.867. The molecule has 0 saturated carbocycles. The van der Waals surface area contributed by atoms with Crippen molar-refractivity contribution in [3.8, 4) is 22.8 Å². The molecule has 176 valence electrons. The maximum absolute atomic E-state index is 11.2. The Morgan fingerprint density at radius 1 is 1.06 bits per heavy atom. The van der Waals surface area contributed by atoms with Crippen molar-refractivity contribution in [3.05, 3.63) is 55.0 Å². The summed E-state index contributed by atoms with van der Waals surface area (Å²) in [6, 6.07) is 11.7. The van der Waals surface area contributed by atoms with Crippen LogP contribution in [0.4, 0.5) is 11.4 Å². The molecule has 1 aliphatic rings. The largest absolute Gasteiger partial charge is 0.497 e. The maximum atomic E-state index is 11.2. The molecule has 0 radical (unpaired) electrons. The molecular formula is C25H28N6O3. The summed E-state index contributed by atoms with van der Waals surface area (Å²) in [6.07, 6.45) is 6.12. The van der Waals surface area contributed by atoms with E-state index in [-0.39, 0.29) is 0 Å². The number of aryl methyl sites for hydroxylation is 1. The summed E-state index contributed by atoms with van der Waals surface area (Å²) in [6.45, 7) is 1.71. The number of anilines is 2. The number of fused-ring (bicyclic) bond motifs is 1. The smallest absolute Gasteiger partial charge is 0.124 e. The highest BCUT2D eigenvalue weighted by atomic mass is 16.5. The first kappa shape index (κ1) is 22.1. The summed E-state index contributed by atoms with van der Waals surface area (Å²) in [5.74, 6) is 1.35. The number of hydrogen-bond donors (Lipinski definition) is 2. The van der Waals surface area contributed by atoms with Crippen LogP contribution in [0.15, 0.2) is 55.0 Å². The first-order valence-electron chi connectivity index (χ1n) is 11.2. The van der Waals surface area contributed by atoms with Crippen LogP contribution in [0.2, 0.25) is 0 Å². The molecule has 0 amide bonds. The summed E-state index contributed by atoms with van der Waals surface area (Å²) in [7, 11) is 5.13. The van der Waals surface area contributed by atoms with Crippen molar-refractivity contribution in [2.24, 2.45) is 7.05 Å². The Balaban J connectivity index is 1.60. The Bertz CT molecular complexity index is 1290. The minimum absolute atomic E-state index is 0.400. The van der Waals surface area contributed by atoms with Crippen LogP contribution in [-0.4, -0.2) is 64.3 Å². The number of rotatable bonds is 7. The van der Waals surface area contributed by atoms with Crippen LogP contribution in [0, 0.1) is 0 Å². The lowest BCUT2D eigenvalue weighted by atomic mass is 10.0. The average Bonchev–Trinajstić information content (AvgIpc) is 3.50. The van der Waals surface area contributed by atoms with Gasteiger partial charge in [-0.25, -0.2) is 4.98 Å². The molecule has 9 nitrogen and oxygen atoms in total. The van der Waals surface area contributed by atoms with Crippen molar-refractivity contribution in [1.29, 1.82) is 0 Å². The number of nitrogens with one attached hydrogen (secondary N) is 1. The van der Waals surface area contributed by atoms with Gasteiger partial charge in [0.15, 0.2) is 0 Å². The van der Waals surface area contributed by atoms with E-state index in [9.17, 15) is 5.11 Å². The zero-order valence-corrected chi connectivity index (χ0v) is 19.5. The summed E-state index contributed by atoms with van der Waals surface area (Å²) in [5.41, 5.74) is 4.09. The summed E-state index contributed by atoms with van der Waals surface area (Å²) in [5, 5.41) is 18.7. The van der Waals surface area contributed by atoms with E-state index in [1.165, 1.54) is 0 Å². The van der Waals surface area contributed by atoms with Crippen LogP contribution in [0.1, 0.15) is 6.42 Å². The number of nitrogens with zero attached hydrogens (tertiary/aromatic N) is 5. The first-order valence-corrected chi connectivity index (χ1v) is 11.2. The molecule has 1 fully saturated rings. The van der Waals surface area contributed by atoms with Crippen LogP contribution in [0.3, 0.4) is 0 Å². The predicted octanol–water partition coefficient (Wildman–Crippen LogP) is 2.91. The Labute approximate surface area is 198 Å². The van der Waals surface area contributed by atoms with Crippen LogP contribution in [-0.2, 0) is 7.05 Å². The molecule has 34 heavy (non-hydrogen) atoms. The van der Waals surface area contributed by atoms with Gasteiger partial charge >= 0.3 is 0 Å². The van der Waals surface area contributed by atoms with Gasteiger partial charge in [0.05, 0.1) is 55.5 Å². The number of methoxy groups -OCH3 is 2. The molecule has 3 heterocycles. The number of aliphatic hydroxyl groups is 1. The van der Waals surface area contributed by atoms with E-state index < -0.39 is 5.60 Å². The molecule has 5 rings (SSSR count). The van der Waals surface area contributed by atoms with Gasteiger partial charge in [0.2, 0.25) is 0 Å². The fourth-order valence-corrected chi connectivity index (χ4v) is 4.30. The molecule has 1 saturated heterocycles. The lowest BCUT2D eigenvalue weighted by molar-refractivity contribution is 0.0707. The fourth-order valence-electron chi connectivity index (χ4n) is 4.30. The summed E-state index contributed by atoms with van der Waals surface area (Å²) in [4.78, 5) is 11.5. The molecule has 1 aliphatic heterocycles. The maximum Gasteiger partial charge on any atom is 0.124 e. The Morgan fingerprint density at radius 3 is 2.50 bits per heavy atom. The van der Waals surface area contributed by atoms with Crippen LogP contribution < -0.4 is 19.7 Å². The van der Waals surface area contributed by atoms with Crippen LogP contribution >= 0.6 is 0 Å². The molecular weight excluding hydrogens is 432 g/mol. The molecule has 9 heteroatoms. The van der Waals surface area contributed by atoms with Gasteiger partial charge in [-0.05, 0) is 31.2 Å². The van der Waals surface area contributed by atoms with Crippen molar-refractivity contribution in [1.82, 2.24) is 25.1 Å². The SMILES string of the molecule is COc1cc(OC)cc(N(CC2(O)CCNC2)c2ccc3ncc(-c4cnn(C)c4)nc3c2)c1. The van der Waals surface area contributed by atoms with Gasteiger partial charge in [-0.1, -0.05) is 0 Å². The molecule has 1 atom stereocenters. The highest BCUT2D eigenvalue weighted by molar-refractivity contribution is 5.82. The van der Waals surface area contributed by atoms with E-state index in [1.807, 2.05) is 49.6 Å². The second kappa shape index (κ2) is 8.92. The minimum Gasteiger partial charge on any atom is -0.497 e. The van der Waals surface area contributed by atoms with Crippen molar-refractivity contribution >= 4 is 22.4 Å². The predicted molar refractivity (Wildman–Crippen MR) is 131 cm³/mol. The highest BCUT2D eigenvalue weighted by Crippen LogP contribution is 2.36. The summed E-state index contributed by atoms with van der Waals surface area (Å²) < 4.78 is 12.7. The third-order valence-corrected chi connectivity index (χ3v) is 6.16. The van der Waals surface area contributed by atoms with Gasteiger partial charge in [0.25, 0.3) is 0 Å². The molecule has 2 aromatic heterocycles. The third kappa shape index (κ3) is 4.40. The van der Waals surface area contributed by atoms with Crippen LogP contribution in [0.5, 0.6) is 11.5 Å². The molecule has 0 bridgehead atoms. The highest BCUT2D eigenvalue weighted by Gasteiger charge is 2.34. The molecule has 2 N–H and O–H groups in total. The molecule has 4 aromatic rings. The number of benzene rings is 2. The lowest BCUT2D eigenvalue weighted by Crippen LogP contribution is -2.43. The van der Waals surface area contributed by atoms with Crippen molar-refractivity contribution in [2.45, 2.75) is 12.0 Å². The second-order valence-electron chi connectivity index (χ2n) is 8.64. The molecule has 2 aromatic carbocycles. The van der Waals surface area contributed by atoms with Gasteiger partial charge in [-0.3, -0.25) is 9.67 Å². The van der Waals surface area contributed by atoms with Crippen molar-refractivity contribution in [3.63, 3.8) is 0 Å². The Hall–Kier alpha value is -3.69. The van der Waals surface area contributed by atoms with Crippen LogP contribution in [0.25, 0.3) is 22.3 Å².